The Balaban J connectivity index is 1.70. The number of nitrogens with one attached hydrogen (secondary N) is 1. The van der Waals surface area contributed by atoms with Crippen LogP contribution in [0.15, 0.2) is 33.7 Å². The molecule has 0 amide bonds. The molecule has 2 aliphatic rings. The highest BCUT2D eigenvalue weighted by Gasteiger charge is 2.38. The van der Waals surface area contributed by atoms with Crippen molar-refractivity contribution in [1.82, 2.24) is 5.32 Å². The SMILES string of the molecule is NC(=NCC1(c2ccc(Br)cc2)CCC1)NC1CC1. The number of rotatable bonds is 4. The number of hydrogen-bond acceptors (Lipinski definition) is 1. The molecule has 3 N–H and O–H groups in total. The predicted octanol–water partition coefficient (Wildman–Crippen LogP) is 2.94. The van der Waals surface area contributed by atoms with Gasteiger partial charge in [-0.25, -0.2) is 0 Å². The minimum atomic E-state index is 0.219. The first-order valence-electron chi connectivity index (χ1n) is 7.00. The summed E-state index contributed by atoms with van der Waals surface area (Å²) in [5, 5.41) is 3.26. The van der Waals surface area contributed by atoms with Crippen LogP contribution in [-0.4, -0.2) is 18.5 Å². The Kier molecular flexibility index (Phi) is 3.52. The second-order valence-electron chi connectivity index (χ2n) is 5.76. The van der Waals surface area contributed by atoms with Crippen molar-refractivity contribution in [3.63, 3.8) is 0 Å². The molecule has 0 atom stereocenters. The van der Waals surface area contributed by atoms with Crippen LogP contribution < -0.4 is 11.1 Å². The number of benzene rings is 1. The minimum Gasteiger partial charge on any atom is -0.370 e. The fourth-order valence-electron chi connectivity index (χ4n) is 2.66. The molecule has 0 heterocycles. The topological polar surface area (TPSA) is 50.4 Å². The summed E-state index contributed by atoms with van der Waals surface area (Å²) in [5.41, 5.74) is 7.55. The Labute approximate surface area is 122 Å². The lowest BCUT2D eigenvalue weighted by molar-refractivity contribution is 0.253. The summed E-state index contributed by atoms with van der Waals surface area (Å²) in [4.78, 5) is 4.57. The zero-order chi connectivity index (χ0) is 13.3. The molecule has 19 heavy (non-hydrogen) atoms. The van der Waals surface area contributed by atoms with Crippen molar-refractivity contribution in [2.45, 2.75) is 43.6 Å². The van der Waals surface area contributed by atoms with Crippen molar-refractivity contribution in [2.24, 2.45) is 10.7 Å². The average molecular weight is 322 g/mol. The molecule has 2 fully saturated rings. The maximum absolute atomic E-state index is 5.93. The van der Waals surface area contributed by atoms with E-state index < -0.39 is 0 Å². The largest absolute Gasteiger partial charge is 0.370 e. The number of hydrogen-bond donors (Lipinski definition) is 2. The van der Waals surface area contributed by atoms with Crippen LogP contribution in [0.25, 0.3) is 0 Å². The standard InChI is InChI=1S/C15H20BrN3/c16-12-4-2-11(3-5-12)15(8-1-9-15)10-18-14(17)19-13-6-7-13/h2-5,13H,1,6-10H2,(H3,17,18,19). The normalized spacial score (nSPS) is 21.8. The van der Waals surface area contributed by atoms with E-state index in [0.717, 1.165) is 11.0 Å². The first kappa shape index (κ1) is 13.0. The Morgan fingerprint density at radius 2 is 2.00 bits per heavy atom. The van der Waals surface area contributed by atoms with Gasteiger partial charge in [-0.2, -0.15) is 0 Å². The van der Waals surface area contributed by atoms with Crippen molar-refractivity contribution >= 4 is 21.9 Å². The fraction of sp³-hybridized carbons (Fsp3) is 0.533. The van der Waals surface area contributed by atoms with Gasteiger partial charge in [-0.05, 0) is 43.4 Å². The van der Waals surface area contributed by atoms with E-state index in [4.69, 9.17) is 5.73 Å². The molecule has 0 saturated heterocycles. The van der Waals surface area contributed by atoms with Gasteiger partial charge in [-0.1, -0.05) is 34.5 Å². The molecule has 0 aliphatic heterocycles. The summed E-state index contributed by atoms with van der Waals surface area (Å²) in [6.45, 7) is 0.806. The molecule has 0 unspecified atom stereocenters. The minimum absolute atomic E-state index is 0.219. The van der Waals surface area contributed by atoms with Crippen LogP contribution >= 0.6 is 15.9 Å². The molecule has 2 saturated carbocycles. The number of nitrogens with zero attached hydrogens (tertiary/aromatic N) is 1. The third kappa shape index (κ3) is 2.94. The Morgan fingerprint density at radius 1 is 1.32 bits per heavy atom. The smallest absolute Gasteiger partial charge is 0.188 e. The molecule has 3 nitrogen and oxygen atoms in total. The van der Waals surface area contributed by atoms with Crippen molar-refractivity contribution in [2.75, 3.05) is 6.54 Å². The van der Waals surface area contributed by atoms with Gasteiger partial charge in [-0.3, -0.25) is 4.99 Å². The van der Waals surface area contributed by atoms with E-state index in [1.54, 1.807) is 0 Å². The van der Waals surface area contributed by atoms with E-state index in [9.17, 15) is 0 Å². The van der Waals surface area contributed by atoms with Crippen molar-refractivity contribution in [3.05, 3.63) is 34.3 Å². The summed E-state index contributed by atoms with van der Waals surface area (Å²) in [7, 11) is 0. The van der Waals surface area contributed by atoms with Gasteiger partial charge in [0.1, 0.15) is 0 Å². The zero-order valence-electron chi connectivity index (χ0n) is 11.0. The molecule has 0 radical (unpaired) electrons. The summed E-state index contributed by atoms with van der Waals surface area (Å²) in [5.74, 6) is 0.617. The lowest BCUT2D eigenvalue weighted by Gasteiger charge is -2.41. The van der Waals surface area contributed by atoms with Crippen LogP contribution in [-0.2, 0) is 5.41 Å². The van der Waals surface area contributed by atoms with E-state index in [1.807, 2.05) is 0 Å². The van der Waals surface area contributed by atoms with Crippen LogP contribution in [0.3, 0.4) is 0 Å². The third-order valence-corrected chi connectivity index (χ3v) is 4.78. The van der Waals surface area contributed by atoms with Gasteiger partial charge in [0, 0.05) is 15.9 Å². The third-order valence-electron chi connectivity index (χ3n) is 4.25. The molecule has 0 spiro atoms. The highest BCUT2D eigenvalue weighted by molar-refractivity contribution is 9.10. The molecule has 3 rings (SSSR count). The molecule has 0 bridgehead atoms. The van der Waals surface area contributed by atoms with Crippen molar-refractivity contribution < 1.29 is 0 Å². The first-order chi connectivity index (χ1) is 9.18. The first-order valence-corrected chi connectivity index (χ1v) is 7.80. The summed E-state index contributed by atoms with van der Waals surface area (Å²) < 4.78 is 1.13. The van der Waals surface area contributed by atoms with Crippen LogP contribution in [0.5, 0.6) is 0 Å². The fourth-order valence-corrected chi connectivity index (χ4v) is 2.93. The maximum atomic E-state index is 5.93. The molecular weight excluding hydrogens is 302 g/mol. The van der Waals surface area contributed by atoms with Gasteiger partial charge in [0.15, 0.2) is 5.96 Å². The zero-order valence-corrected chi connectivity index (χ0v) is 12.6. The predicted molar refractivity (Wildman–Crippen MR) is 82.3 cm³/mol. The summed E-state index contributed by atoms with van der Waals surface area (Å²) in [6.07, 6.45) is 6.19. The second kappa shape index (κ2) is 5.16. The van der Waals surface area contributed by atoms with Crippen LogP contribution in [0.4, 0.5) is 0 Å². The highest BCUT2D eigenvalue weighted by Crippen LogP contribution is 2.44. The van der Waals surface area contributed by atoms with E-state index in [1.165, 1.54) is 37.7 Å². The molecule has 2 aliphatic carbocycles. The van der Waals surface area contributed by atoms with Crippen LogP contribution in [0.2, 0.25) is 0 Å². The molecule has 102 valence electrons. The van der Waals surface area contributed by atoms with Gasteiger partial charge in [0.2, 0.25) is 0 Å². The van der Waals surface area contributed by atoms with Gasteiger partial charge >= 0.3 is 0 Å². The number of halogens is 1. The summed E-state index contributed by atoms with van der Waals surface area (Å²) in [6, 6.07) is 9.23. The Hall–Kier alpha value is -1.03. The molecule has 1 aromatic carbocycles. The molecule has 0 aromatic heterocycles. The van der Waals surface area contributed by atoms with Crippen molar-refractivity contribution in [3.8, 4) is 0 Å². The average Bonchev–Trinajstić information content (AvgIpc) is 3.14. The van der Waals surface area contributed by atoms with Gasteiger partial charge in [-0.15, -0.1) is 0 Å². The highest BCUT2D eigenvalue weighted by atomic mass is 79.9. The molecular formula is C15H20BrN3. The Bertz CT molecular complexity index is 473. The van der Waals surface area contributed by atoms with E-state index in [0.29, 0.717) is 12.0 Å². The van der Waals surface area contributed by atoms with E-state index >= 15 is 0 Å². The molecule has 1 aromatic rings. The van der Waals surface area contributed by atoms with E-state index in [2.05, 4.69) is 50.5 Å². The van der Waals surface area contributed by atoms with E-state index in [-0.39, 0.29) is 5.41 Å². The lowest BCUT2D eigenvalue weighted by atomic mass is 9.64. The maximum Gasteiger partial charge on any atom is 0.188 e. The van der Waals surface area contributed by atoms with Crippen LogP contribution in [0.1, 0.15) is 37.7 Å². The Morgan fingerprint density at radius 3 is 2.53 bits per heavy atom. The van der Waals surface area contributed by atoms with Gasteiger partial charge < -0.3 is 11.1 Å². The monoisotopic (exact) mass is 321 g/mol. The summed E-state index contributed by atoms with van der Waals surface area (Å²) >= 11 is 3.49. The number of guanidine groups is 1. The van der Waals surface area contributed by atoms with Crippen molar-refractivity contribution in [1.29, 1.82) is 0 Å². The molecule has 4 heteroatoms. The lowest BCUT2D eigenvalue weighted by Crippen LogP contribution is -2.40. The number of aliphatic imine (C=N–C) groups is 1. The second-order valence-corrected chi connectivity index (χ2v) is 6.68. The quantitative estimate of drug-likeness (QED) is 0.661. The van der Waals surface area contributed by atoms with Gasteiger partial charge in [0.25, 0.3) is 0 Å². The number of nitrogens with two attached hydrogens (primary N) is 1. The van der Waals surface area contributed by atoms with Gasteiger partial charge in [0.05, 0.1) is 6.54 Å². The van der Waals surface area contributed by atoms with Crippen LogP contribution in [0, 0.1) is 0 Å².